The van der Waals surface area contributed by atoms with E-state index in [1.165, 1.54) is 12.0 Å². The first-order valence-electron chi connectivity index (χ1n) is 12.6. The lowest BCUT2D eigenvalue weighted by atomic mass is 9.46. The lowest BCUT2D eigenvalue weighted by Gasteiger charge is -2.59. The number of fused-ring (bicyclic) bond motifs is 5. The van der Waals surface area contributed by atoms with Crippen molar-refractivity contribution in [1.82, 2.24) is 0 Å². The molecule has 4 rings (SSSR count). The van der Waals surface area contributed by atoms with Crippen molar-refractivity contribution in [1.29, 1.82) is 0 Å². The fraction of sp³-hybridized carbons (Fsp3) is 0.889. The van der Waals surface area contributed by atoms with Crippen LogP contribution in [0.25, 0.3) is 0 Å². The number of carbonyl (C=O) groups is 1. The van der Waals surface area contributed by atoms with E-state index in [4.69, 9.17) is 0 Å². The van der Waals surface area contributed by atoms with Crippen LogP contribution in [0.4, 0.5) is 0 Å². The molecule has 0 aliphatic heterocycles. The fourth-order valence-electron chi connectivity index (χ4n) is 8.72. The molecule has 0 spiro atoms. The zero-order chi connectivity index (χ0) is 21.9. The summed E-state index contributed by atoms with van der Waals surface area (Å²) in [5.41, 5.74) is 0.788. The summed E-state index contributed by atoms with van der Waals surface area (Å²) < 4.78 is 0. The van der Waals surface area contributed by atoms with Crippen LogP contribution < -0.4 is 0 Å². The molecule has 0 aromatic carbocycles. The quantitative estimate of drug-likeness (QED) is 0.606. The second-order valence-electron chi connectivity index (χ2n) is 12.4. The van der Waals surface area contributed by atoms with Crippen molar-refractivity contribution in [3.63, 3.8) is 0 Å². The van der Waals surface area contributed by atoms with Gasteiger partial charge in [-0.05, 0) is 92.4 Å². The molecule has 0 unspecified atom stereocenters. The van der Waals surface area contributed by atoms with E-state index >= 15 is 0 Å². The van der Waals surface area contributed by atoms with Gasteiger partial charge in [-0.15, -0.1) is 0 Å². The van der Waals surface area contributed by atoms with Crippen molar-refractivity contribution >= 4 is 5.78 Å². The molecular formula is C27H44O3. The molecule has 0 radical (unpaired) electrons. The average molecular weight is 417 g/mol. The number of aliphatic hydroxyl groups is 2. The number of aliphatic hydroxyl groups excluding tert-OH is 1. The standard InChI is InChI=1S/C27H44O3/c1-17(2)7-6-12-27(5,30)24-23(29)16-22-20-9-8-18-15-19(28)10-13-25(18,3)21(20)11-14-26(22,24)4/h15,17,20-24,29-30H,6-14,16H2,1-5H3/t20-,21-,22+,23-,24+,25+,26+,27+/m1/s1. The Balaban J connectivity index is 1.57. The monoisotopic (exact) mass is 416 g/mol. The summed E-state index contributed by atoms with van der Waals surface area (Å²) in [6.45, 7) is 11.3. The van der Waals surface area contributed by atoms with Crippen LogP contribution in [-0.2, 0) is 4.79 Å². The number of carbonyl (C=O) groups excluding carboxylic acids is 1. The number of allylic oxidation sites excluding steroid dienone is 1. The topological polar surface area (TPSA) is 57.5 Å². The third-order valence-electron chi connectivity index (χ3n) is 10.1. The molecular weight excluding hydrogens is 372 g/mol. The molecule has 4 aliphatic rings. The number of hydrogen-bond donors (Lipinski definition) is 2. The van der Waals surface area contributed by atoms with E-state index in [1.54, 1.807) is 0 Å². The van der Waals surface area contributed by atoms with Crippen molar-refractivity contribution in [2.24, 2.45) is 40.4 Å². The molecule has 3 nitrogen and oxygen atoms in total. The lowest BCUT2D eigenvalue weighted by molar-refractivity contribution is -0.128. The van der Waals surface area contributed by atoms with Crippen molar-refractivity contribution in [3.8, 4) is 0 Å². The summed E-state index contributed by atoms with van der Waals surface area (Å²) >= 11 is 0. The maximum atomic E-state index is 12.0. The Morgan fingerprint density at radius 1 is 1.17 bits per heavy atom. The largest absolute Gasteiger partial charge is 0.393 e. The summed E-state index contributed by atoms with van der Waals surface area (Å²) in [4.78, 5) is 12.0. The molecule has 3 fully saturated rings. The Hall–Kier alpha value is -0.670. The van der Waals surface area contributed by atoms with Gasteiger partial charge in [0.25, 0.3) is 0 Å². The summed E-state index contributed by atoms with van der Waals surface area (Å²) in [5, 5.41) is 22.8. The SMILES string of the molecule is CC(C)CCC[C@](C)(O)[C@H]1[C@H](O)C[C@H]2[C@@H]3CCC4=CC(=O)CC[C@]4(C)[C@@H]3CC[C@@]21C. The van der Waals surface area contributed by atoms with Crippen molar-refractivity contribution in [2.75, 3.05) is 0 Å². The lowest BCUT2D eigenvalue weighted by Crippen LogP contribution is -2.54. The van der Waals surface area contributed by atoms with E-state index in [-0.39, 0.29) is 16.7 Å². The predicted octanol–water partition coefficient (Wildman–Crippen LogP) is 5.68. The second-order valence-corrected chi connectivity index (χ2v) is 12.4. The Morgan fingerprint density at radius 3 is 2.60 bits per heavy atom. The molecule has 0 saturated heterocycles. The number of ketones is 1. The Bertz CT molecular complexity index is 707. The smallest absolute Gasteiger partial charge is 0.155 e. The molecule has 4 aliphatic carbocycles. The molecule has 3 saturated carbocycles. The van der Waals surface area contributed by atoms with E-state index in [2.05, 4.69) is 27.7 Å². The van der Waals surface area contributed by atoms with Gasteiger partial charge in [0.05, 0.1) is 11.7 Å². The predicted molar refractivity (Wildman–Crippen MR) is 121 cm³/mol. The van der Waals surface area contributed by atoms with E-state index in [0.29, 0.717) is 35.9 Å². The van der Waals surface area contributed by atoms with Crippen molar-refractivity contribution in [3.05, 3.63) is 11.6 Å². The maximum Gasteiger partial charge on any atom is 0.155 e. The van der Waals surface area contributed by atoms with E-state index < -0.39 is 11.7 Å². The van der Waals surface area contributed by atoms with Crippen LogP contribution in [0.5, 0.6) is 0 Å². The first-order valence-corrected chi connectivity index (χ1v) is 12.6. The van der Waals surface area contributed by atoms with Crippen molar-refractivity contribution in [2.45, 2.75) is 111 Å². The highest BCUT2D eigenvalue weighted by molar-refractivity contribution is 5.91. The highest BCUT2D eigenvalue weighted by Gasteiger charge is 2.64. The minimum Gasteiger partial charge on any atom is -0.393 e. The van der Waals surface area contributed by atoms with Crippen molar-refractivity contribution < 1.29 is 15.0 Å². The molecule has 3 heteroatoms. The summed E-state index contributed by atoms with van der Waals surface area (Å²) in [6.07, 6.45) is 11.5. The third kappa shape index (κ3) is 3.52. The molecule has 0 aromatic rings. The van der Waals surface area contributed by atoms with Gasteiger partial charge >= 0.3 is 0 Å². The molecule has 0 aromatic heterocycles. The summed E-state index contributed by atoms with van der Waals surface area (Å²) in [6, 6.07) is 0. The van der Waals surface area contributed by atoms with E-state index in [9.17, 15) is 15.0 Å². The first-order chi connectivity index (χ1) is 14.0. The van der Waals surface area contributed by atoms with Crippen LogP contribution in [0.2, 0.25) is 0 Å². The zero-order valence-corrected chi connectivity index (χ0v) is 19.9. The third-order valence-corrected chi connectivity index (χ3v) is 10.1. The van der Waals surface area contributed by atoms with Gasteiger partial charge < -0.3 is 10.2 Å². The van der Waals surface area contributed by atoms with Crippen LogP contribution in [0.15, 0.2) is 11.6 Å². The maximum absolute atomic E-state index is 12.0. The molecule has 0 bridgehead atoms. The van der Waals surface area contributed by atoms with Crippen LogP contribution in [-0.4, -0.2) is 27.7 Å². The van der Waals surface area contributed by atoms with Crippen LogP contribution in [0, 0.1) is 40.4 Å². The zero-order valence-electron chi connectivity index (χ0n) is 19.9. The molecule has 30 heavy (non-hydrogen) atoms. The summed E-state index contributed by atoms with van der Waals surface area (Å²) in [7, 11) is 0. The van der Waals surface area contributed by atoms with Gasteiger partial charge in [0, 0.05) is 12.3 Å². The van der Waals surface area contributed by atoms with Gasteiger partial charge in [-0.25, -0.2) is 0 Å². The number of hydrogen-bond acceptors (Lipinski definition) is 3. The first kappa shape index (κ1) is 22.5. The van der Waals surface area contributed by atoms with Crippen LogP contribution >= 0.6 is 0 Å². The van der Waals surface area contributed by atoms with Gasteiger partial charge in [-0.3, -0.25) is 4.79 Å². The van der Waals surface area contributed by atoms with Gasteiger partial charge in [0.1, 0.15) is 0 Å². The molecule has 0 heterocycles. The highest BCUT2D eigenvalue weighted by atomic mass is 16.3. The van der Waals surface area contributed by atoms with Gasteiger partial charge in [0.2, 0.25) is 0 Å². The number of rotatable bonds is 5. The van der Waals surface area contributed by atoms with Gasteiger partial charge in [-0.2, -0.15) is 0 Å². The Kier molecular flexibility index (Phi) is 5.80. The highest BCUT2D eigenvalue weighted by Crippen LogP contribution is 2.68. The minimum absolute atomic E-state index is 0.0178. The van der Waals surface area contributed by atoms with E-state index in [1.807, 2.05) is 13.0 Å². The average Bonchev–Trinajstić information content (AvgIpc) is 2.92. The van der Waals surface area contributed by atoms with Gasteiger partial charge in [0.15, 0.2) is 5.78 Å². The fourth-order valence-corrected chi connectivity index (χ4v) is 8.72. The normalized spacial score (nSPS) is 45.4. The molecule has 8 atom stereocenters. The molecule has 2 N–H and O–H groups in total. The second kappa shape index (κ2) is 7.73. The summed E-state index contributed by atoms with van der Waals surface area (Å²) in [5.74, 6) is 2.67. The Labute approximate surface area is 183 Å². The van der Waals surface area contributed by atoms with Crippen LogP contribution in [0.1, 0.15) is 98.8 Å². The molecule has 170 valence electrons. The van der Waals surface area contributed by atoms with E-state index in [0.717, 1.165) is 51.4 Å². The molecule has 0 amide bonds. The minimum atomic E-state index is -0.800. The van der Waals surface area contributed by atoms with Gasteiger partial charge in [-0.1, -0.05) is 46.1 Å². The van der Waals surface area contributed by atoms with Crippen LogP contribution in [0.3, 0.4) is 0 Å². The Morgan fingerprint density at radius 2 is 1.90 bits per heavy atom.